The van der Waals surface area contributed by atoms with Crippen LogP contribution in [0.5, 0.6) is 0 Å². The summed E-state index contributed by atoms with van der Waals surface area (Å²) in [6.07, 6.45) is 5.17. The molecule has 1 saturated carbocycles. The van der Waals surface area contributed by atoms with E-state index in [4.69, 9.17) is 9.84 Å². The SMILES string of the molecule is COCC(CO)NCC1(O)CCCCC1. The van der Waals surface area contributed by atoms with Crippen LogP contribution in [0, 0.1) is 0 Å². The van der Waals surface area contributed by atoms with Gasteiger partial charge in [0.15, 0.2) is 0 Å². The van der Waals surface area contributed by atoms with Gasteiger partial charge in [0.05, 0.1) is 24.9 Å². The van der Waals surface area contributed by atoms with Crippen molar-refractivity contribution in [3.05, 3.63) is 0 Å². The van der Waals surface area contributed by atoms with E-state index in [1.165, 1.54) is 6.42 Å². The van der Waals surface area contributed by atoms with Gasteiger partial charge in [0.1, 0.15) is 0 Å². The minimum Gasteiger partial charge on any atom is -0.395 e. The fourth-order valence-corrected chi connectivity index (χ4v) is 2.10. The van der Waals surface area contributed by atoms with Crippen LogP contribution in [0.4, 0.5) is 0 Å². The van der Waals surface area contributed by atoms with Gasteiger partial charge in [0.2, 0.25) is 0 Å². The van der Waals surface area contributed by atoms with Crippen LogP contribution in [-0.2, 0) is 4.74 Å². The molecule has 0 aromatic heterocycles. The largest absolute Gasteiger partial charge is 0.395 e. The van der Waals surface area contributed by atoms with Gasteiger partial charge in [-0.15, -0.1) is 0 Å². The molecular weight excluding hydrogens is 194 g/mol. The zero-order valence-corrected chi connectivity index (χ0v) is 9.54. The topological polar surface area (TPSA) is 61.7 Å². The van der Waals surface area contributed by atoms with Crippen molar-refractivity contribution in [2.45, 2.75) is 43.7 Å². The van der Waals surface area contributed by atoms with Gasteiger partial charge < -0.3 is 20.3 Å². The van der Waals surface area contributed by atoms with Gasteiger partial charge in [-0.25, -0.2) is 0 Å². The molecule has 0 heterocycles. The van der Waals surface area contributed by atoms with Gasteiger partial charge >= 0.3 is 0 Å². The van der Waals surface area contributed by atoms with Crippen molar-refractivity contribution in [1.29, 1.82) is 0 Å². The molecule has 1 atom stereocenters. The number of aliphatic hydroxyl groups is 2. The maximum atomic E-state index is 10.2. The van der Waals surface area contributed by atoms with Crippen molar-refractivity contribution >= 4 is 0 Å². The molecule has 0 radical (unpaired) electrons. The first-order valence-corrected chi connectivity index (χ1v) is 5.76. The lowest BCUT2D eigenvalue weighted by atomic mass is 9.85. The molecule has 1 fully saturated rings. The normalized spacial score (nSPS) is 22.6. The van der Waals surface area contributed by atoms with Crippen molar-refractivity contribution < 1.29 is 14.9 Å². The van der Waals surface area contributed by atoms with E-state index in [0.717, 1.165) is 25.7 Å². The molecule has 0 amide bonds. The zero-order valence-electron chi connectivity index (χ0n) is 9.54. The Bertz CT molecular complexity index is 169. The second-order valence-corrected chi connectivity index (χ2v) is 4.50. The highest BCUT2D eigenvalue weighted by molar-refractivity contribution is 4.85. The third kappa shape index (κ3) is 4.47. The summed E-state index contributed by atoms with van der Waals surface area (Å²) in [7, 11) is 1.61. The van der Waals surface area contributed by atoms with E-state index >= 15 is 0 Å². The van der Waals surface area contributed by atoms with E-state index < -0.39 is 5.60 Å². The van der Waals surface area contributed by atoms with Crippen molar-refractivity contribution in [3.63, 3.8) is 0 Å². The number of aliphatic hydroxyl groups excluding tert-OH is 1. The monoisotopic (exact) mass is 217 g/mol. The standard InChI is InChI=1S/C11H23NO3/c1-15-8-10(7-13)12-9-11(14)5-3-2-4-6-11/h10,12-14H,2-9H2,1H3. The Labute approximate surface area is 91.6 Å². The Kier molecular flexibility index (Phi) is 5.53. The third-order valence-corrected chi connectivity index (χ3v) is 3.09. The molecule has 3 N–H and O–H groups in total. The fourth-order valence-electron chi connectivity index (χ4n) is 2.10. The second-order valence-electron chi connectivity index (χ2n) is 4.50. The van der Waals surface area contributed by atoms with Gasteiger partial charge in [0, 0.05) is 13.7 Å². The van der Waals surface area contributed by atoms with Crippen LogP contribution in [0.2, 0.25) is 0 Å². The molecule has 0 aromatic carbocycles. The van der Waals surface area contributed by atoms with Crippen LogP contribution in [-0.4, -0.2) is 48.7 Å². The molecule has 15 heavy (non-hydrogen) atoms. The number of methoxy groups -OCH3 is 1. The molecule has 0 aliphatic heterocycles. The predicted molar refractivity (Wildman–Crippen MR) is 58.8 cm³/mol. The lowest BCUT2D eigenvalue weighted by Crippen LogP contribution is -2.48. The van der Waals surface area contributed by atoms with E-state index in [0.29, 0.717) is 13.2 Å². The lowest BCUT2D eigenvalue weighted by molar-refractivity contribution is -0.00214. The average molecular weight is 217 g/mol. The van der Waals surface area contributed by atoms with Crippen LogP contribution >= 0.6 is 0 Å². The Morgan fingerprint density at radius 1 is 1.33 bits per heavy atom. The highest BCUT2D eigenvalue weighted by Gasteiger charge is 2.29. The minimum atomic E-state index is -0.570. The molecule has 4 nitrogen and oxygen atoms in total. The van der Waals surface area contributed by atoms with Gasteiger partial charge in [-0.3, -0.25) is 0 Å². The van der Waals surface area contributed by atoms with E-state index in [1.807, 2.05) is 0 Å². The number of nitrogens with one attached hydrogen (secondary N) is 1. The van der Waals surface area contributed by atoms with Gasteiger partial charge in [-0.1, -0.05) is 19.3 Å². The first-order chi connectivity index (χ1) is 7.20. The molecule has 1 unspecified atom stereocenters. The molecule has 1 aliphatic carbocycles. The van der Waals surface area contributed by atoms with Gasteiger partial charge in [0.25, 0.3) is 0 Å². The van der Waals surface area contributed by atoms with Crippen LogP contribution in [0.25, 0.3) is 0 Å². The first kappa shape index (κ1) is 12.9. The van der Waals surface area contributed by atoms with E-state index in [2.05, 4.69) is 5.32 Å². The summed E-state index contributed by atoms with van der Waals surface area (Å²) in [4.78, 5) is 0. The summed E-state index contributed by atoms with van der Waals surface area (Å²) in [6, 6.07) is -0.0686. The number of rotatable bonds is 6. The molecule has 0 spiro atoms. The lowest BCUT2D eigenvalue weighted by Gasteiger charge is -2.33. The van der Waals surface area contributed by atoms with Crippen LogP contribution in [0.3, 0.4) is 0 Å². The summed E-state index contributed by atoms with van der Waals surface area (Å²) in [5, 5.41) is 22.4. The highest BCUT2D eigenvalue weighted by Crippen LogP contribution is 2.27. The first-order valence-electron chi connectivity index (χ1n) is 5.76. The summed E-state index contributed by atoms with van der Waals surface area (Å²) in [5.41, 5.74) is -0.570. The molecule has 1 aliphatic rings. The summed E-state index contributed by atoms with van der Waals surface area (Å²) >= 11 is 0. The number of hydrogen-bond donors (Lipinski definition) is 3. The van der Waals surface area contributed by atoms with Crippen molar-refractivity contribution in [3.8, 4) is 0 Å². The molecule has 0 saturated heterocycles. The van der Waals surface area contributed by atoms with Crippen LogP contribution < -0.4 is 5.32 Å². The Morgan fingerprint density at radius 3 is 2.53 bits per heavy atom. The van der Waals surface area contributed by atoms with E-state index in [-0.39, 0.29) is 12.6 Å². The van der Waals surface area contributed by atoms with Crippen molar-refractivity contribution in [2.24, 2.45) is 0 Å². The summed E-state index contributed by atoms with van der Waals surface area (Å²) in [6.45, 7) is 1.08. The summed E-state index contributed by atoms with van der Waals surface area (Å²) < 4.78 is 4.96. The summed E-state index contributed by atoms with van der Waals surface area (Å²) in [5.74, 6) is 0. The van der Waals surface area contributed by atoms with E-state index in [9.17, 15) is 5.11 Å². The molecule has 4 heteroatoms. The van der Waals surface area contributed by atoms with Crippen LogP contribution in [0.1, 0.15) is 32.1 Å². The Hall–Kier alpha value is -0.160. The predicted octanol–water partition coefficient (Wildman–Crippen LogP) is 0.278. The molecule has 1 rings (SSSR count). The smallest absolute Gasteiger partial charge is 0.0771 e. The zero-order chi connectivity index (χ0) is 11.1. The molecule has 0 bridgehead atoms. The number of hydrogen-bond acceptors (Lipinski definition) is 4. The quantitative estimate of drug-likeness (QED) is 0.598. The van der Waals surface area contributed by atoms with Gasteiger partial charge in [-0.05, 0) is 12.8 Å². The maximum Gasteiger partial charge on any atom is 0.0771 e. The minimum absolute atomic E-state index is 0.0456. The van der Waals surface area contributed by atoms with Crippen LogP contribution in [0.15, 0.2) is 0 Å². The molecule has 90 valence electrons. The van der Waals surface area contributed by atoms with Gasteiger partial charge in [-0.2, -0.15) is 0 Å². The Morgan fingerprint density at radius 2 is 2.00 bits per heavy atom. The molecular formula is C11H23NO3. The number of ether oxygens (including phenoxy) is 1. The molecule has 0 aromatic rings. The van der Waals surface area contributed by atoms with Crippen molar-refractivity contribution in [2.75, 3.05) is 26.9 Å². The van der Waals surface area contributed by atoms with Crippen molar-refractivity contribution in [1.82, 2.24) is 5.32 Å². The highest BCUT2D eigenvalue weighted by atomic mass is 16.5. The average Bonchev–Trinajstić information content (AvgIpc) is 2.25. The maximum absolute atomic E-state index is 10.2. The van der Waals surface area contributed by atoms with E-state index in [1.54, 1.807) is 7.11 Å². The Balaban J connectivity index is 2.26. The fraction of sp³-hybridized carbons (Fsp3) is 1.00. The second kappa shape index (κ2) is 6.43. The third-order valence-electron chi connectivity index (χ3n) is 3.09.